The van der Waals surface area contributed by atoms with Crippen LogP contribution in [0.4, 0.5) is 0 Å². The zero-order valence-electron chi connectivity index (χ0n) is 12.0. The number of hydrogen-bond acceptors (Lipinski definition) is 5. The van der Waals surface area contributed by atoms with Crippen molar-refractivity contribution in [2.75, 3.05) is 14.2 Å². The van der Waals surface area contributed by atoms with E-state index in [1.165, 1.54) is 6.20 Å². The van der Waals surface area contributed by atoms with Crippen LogP contribution in [0.25, 0.3) is 11.5 Å². The lowest BCUT2D eigenvalue weighted by atomic mass is 10.2. The van der Waals surface area contributed by atoms with Crippen molar-refractivity contribution >= 4 is 6.29 Å². The Bertz CT molecular complexity index is 678. The maximum Gasteiger partial charge on any atom is 0.254 e. The van der Waals surface area contributed by atoms with E-state index in [9.17, 15) is 9.59 Å². The number of H-pyrrole nitrogens is 1. The summed E-state index contributed by atoms with van der Waals surface area (Å²) in [5, 5.41) is 0. The van der Waals surface area contributed by atoms with Crippen LogP contribution in [0.1, 0.15) is 28.0 Å². The third-order valence-corrected chi connectivity index (χ3v) is 3.11. The molecule has 0 saturated heterocycles. The van der Waals surface area contributed by atoms with Gasteiger partial charge in [0.2, 0.25) is 0 Å². The first-order valence-corrected chi connectivity index (χ1v) is 6.63. The summed E-state index contributed by atoms with van der Waals surface area (Å²) in [6, 6.07) is 3.34. The molecule has 1 aliphatic rings. The van der Waals surface area contributed by atoms with Crippen LogP contribution < -0.4 is 5.56 Å². The van der Waals surface area contributed by atoms with Gasteiger partial charge in [0.25, 0.3) is 5.56 Å². The Morgan fingerprint density at radius 2 is 2.05 bits per heavy atom. The molecule has 0 bridgehead atoms. The van der Waals surface area contributed by atoms with E-state index in [0.717, 1.165) is 36.8 Å². The number of hydrogen-bond donors (Lipinski definition) is 1. The Morgan fingerprint density at radius 3 is 2.67 bits per heavy atom. The second kappa shape index (κ2) is 6.90. The topological polar surface area (TPSA) is 84.9 Å². The second-order valence-electron chi connectivity index (χ2n) is 4.70. The fourth-order valence-corrected chi connectivity index (χ4v) is 2.18. The first-order chi connectivity index (χ1) is 10.2. The van der Waals surface area contributed by atoms with Crippen LogP contribution >= 0.6 is 0 Å². The number of aryl methyl sites for hydroxylation is 1. The molecule has 0 aromatic carbocycles. The molecule has 3 rings (SSSR count). The zero-order chi connectivity index (χ0) is 15.2. The molecule has 2 heterocycles. The third-order valence-electron chi connectivity index (χ3n) is 3.11. The molecular formula is C15H17N3O3. The van der Waals surface area contributed by atoms with Crippen molar-refractivity contribution in [3.05, 3.63) is 45.5 Å². The van der Waals surface area contributed by atoms with Gasteiger partial charge in [-0.1, -0.05) is 0 Å². The maximum absolute atomic E-state index is 11.8. The molecule has 6 heteroatoms. The molecule has 0 aliphatic heterocycles. The molecule has 0 fully saturated rings. The Kier molecular flexibility index (Phi) is 4.94. The lowest BCUT2D eigenvalue weighted by Gasteiger charge is -2.03. The highest BCUT2D eigenvalue weighted by Gasteiger charge is 2.17. The first-order valence-electron chi connectivity index (χ1n) is 6.63. The van der Waals surface area contributed by atoms with E-state index >= 15 is 0 Å². The molecule has 0 amide bonds. The largest absolute Gasteiger partial charge is 0.388 e. The highest BCUT2D eigenvalue weighted by Crippen LogP contribution is 2.18. The van der Waals surface area contributed by atoms with Gasteiger partial charge in [-0.2, -0.15) is 0 Å². The summed E-state index contributed by atoms with van der Waals surface area (Å²) in [5.41, 5.74) is 2.67. The smallest absolute Gasteiger partial charge is 0.254 e. The van der Waals surface area contributed by atoms with Gasteiger partial charge < -0.3 is 9.72 Å². The lowest BCUT2D eigenvalue weighted by molar-refractivity contribution is 0.112. The number of pyridine rings is 1. The predicted molar refractivity (Wildman–Crippen MR) is 78.4 cm³/mol. The Balaban J connectivity index is 0.000000497. The number of fused-ring (bicyclic) bond motifs is 1. The van der Waals surface area contributed by atoms with Crippen LogP contribution in [0.2, 0.25) is 0 Å². The van der Waals surface area contributed by atoms with E-state index in [4.69, 9.17) is 0 Å². The van der Waals surface area contributed by atoms with Gasteiger partial charge in [0.05, 0.1) is 5.69 Å². The molecule has 1 N–H and O–H groups in total. The van der Waals surface area contributed by atoms with E-state index in [1.54, 1.807) is 26.4 Å². The number of aromatic amines is 1. The van der Waals surface area contributed by atoms with Gasteiger partial charge in [-0.25, -0.2) is 4.98 Å². The van der Waals surface area contributed by atoms with Crippen LogP contribution in [0, 0.1) is 0 Å². The van der Waals surface area contributed by atoms with Gasteiger partial charge in [0.1, 0.15) is 5.69 Å². The fraction of sp³-hybridized carbons (Fsp3) is 0.333. The standard InChI is InChI=1S/C13H11N3O2.C2H6O/c17-7-8-4-5-11(14-6-8)12-15-10-3-1-2-9(10)13(18)16-12;1-3-2/h4-7H,1-3H2,(H,15,16,18);1-2H3. The van der Waals surface area contributed by atoms with Crippen molar-refractivity contribution in [2.45, 2.75) is 19.3 Å². The van der Waals surface area contributed by atoms with Crippen LogP contribution in [0.5, 0.6) is 0 Å². The molecule has 2 aromatic rings. The molecule has 2 aromatic heterocycles. The molecule has 0 unspecified atom stereocenters. The molecule has 0 atom stereocenters. The van der Waals surface area contributed by atoms with Crippen LogP contribution in [-0.2, 0) is 17.6 Å². The van der Waals surface area contributed by atoms with Crippen molar-refractivity contribution in [3.63, 3.8) is 0 Å². The summed E-state index contributed by atoms with van der Waals surface area (Å²) < 4.78 is 4.25. The number of carbonyl (C=O) groups excluding carboxylic acids is 1. The molecule has 1 aliphatic carbocycles. The second-order valence-corrected chi connectivity index (χ2v) is 4.70. The highest BCUT2D eigenvalue weighted by molar-refractivity contribution is 5.74. The van der Waals surface area contributed by atoms with Crippen molar-refractivity contribution in [1.29, 1.82) is 0 Å². The summed E-state index contributed by atoms with van der Waals surface area (Å²) in [5.74, 6) is 0.470. The summed E-state index contributed by atoms with van der Waals surface area (Å²) in [4.78, 5) is 33.7. The van der Waals surface area contributed by atoms with Crippen molar-refractivity contribution in [2.24, 2.45) is 0 Å². The minimum Gasteiger partial charge on any atom is -0.388 e. The third kappa shape index (κ3) is 3.41. The predicted octanol–water partition coefficient (Wildman–Crippen LogP) is 1.40. The fourth-order valence-electron chi connectivity index (χ4n) is 2.18. The molecule has 21 heavy (non-hydrogen) atoms. The number of rotatable bonds is 2. The monoisotopic (exact) mass is 287 g/mol. The summed E-state index contributed by atoms with van der Waals surface area (Å²) in [6.45, 7) is 0. The van der Waals surface area contributed by atoms with Crippen LogP contribution in [-0.4, -0.2) is 35.5 Å². The summed E-state index contributed by atoms with van der Waals surface area (Å²) in [6.07, 6.45) is 4.83. The summed E-state index contributed by atoms with van der Waals surface area (Å²) in [7, 11) is 3.25. The van der Waals surface area contributed by atoms with Gasteiger partial charge in [0.15, 0.2) is 12.1 Å². The number of aromatic nitrogens is 3. The van der Waals surface area contributed by atoms with Crippen molar-refractivity contribution in [3.8, 4) is 11.5 Å². The number of carbonyl (C=O) groups is 1. The number of aldehydes is 1. The Morgan fingerprint density at radius 1 is 1.29 bits per heavy atom. The Labute approximate surface area is 122 Å². The SMILES string of the molecule is COC.O=Cc1ccc(-c2nc3c(c(=O)[nH]2)CCC3)nc1. The number of nitrogens with zero attached hydrogens (tertiary/aromatic N) is 2. The summed E-state index contributed by atoms with van der Waals surface area (Å²) >= 11 is 0. The first kappa shape index (κ1) is 15.1. The quantitative estimate of drug-likeness (QED) is 0.844. The number of ether oxygens (including phenoxy) is 1. The van der Waals surface area contributed by atoms with E-state index < -0.39 is 0 Å². The van der Waals surface area contributed by atoms with E-state index in [2.05, 4.69) is 19.7 Å². The molecule has 0 radical (unpaired) electrons. The number of nitrogens with one attached hydrogen (secondary N) is 1. The van der Waals surface area contributed by atoms with Crippen LogP contribution in [0.3, 0.4) is 0 Å². The minimum absolute atomic E-state index is 0.0752. The molecule has 110 valence electrons. The van der Waals surface area contributed by atoms with Gasteiger partial charge >= 0.3 is 0 Å². The average Bonchev–Trinajstić information content (AvgIpc) is 2.97. The van der Waals surface area contributed by atoms with E-state index in [-0.39, 0.29) is 5.56 Å². The number of methoxy groups -OCH3 is 1. The maximum atomic E-state index is 11.8. The van der Waals surface area contributed by atoms with Crippen LogP contribution in [0.15, 0.2) is 23.1 Å². The van der Waals surface area contributed by atoms with Gasteiger partial charge in [-0.3, -0.25) is 14.6 Å². The lowest BCUT2D eigenvalue weighted by Crippen LogP contribution is -2.15. The normalized spacial score (nSPS) is 12.3. The van der Waals surface area contributed by atoms with Crippen molar-refractivity contribution in [1.82, 2.24) is 15.0 Å². The highest BCUT2D eigenvalue weighted by atomic mass is 16.4. The van der Waals surface area contributed by atoms with Gasteiger partial charge in [-0.05, 0) is 31.4 Å². The zero-order valence-corrected chi connectivity index (χ0v) is 12.0. The van der Waals surface area contributed by atoms with E-state index in [1.807, 2.05) is 0 Å². The van der Waals surface area contributed by atoms with Gasteiger partial charge in [-0.15, -0.1) is 0 Å². The van der Waals surface area contributed by atoms with Crippen molar-refractivity contribution < 1.29 is 9.53 Å². The molecule has 0 spiro atoms. The minimum atomic E-state index is -0.0752. The molecule has 0 saturated carbocycles. The molecule has 6 nitrogen and oxygen atoms in total. The van der Waals surface area contributed by atoms with E-state index in [0.29, 0.717) is 17.1 Å². The van der Waals surface area contributed by atoms with Gasteiger partial charge in [0, 0.05) is 31.5 Å². The average molecular weight is 287 g/mol. The molecular weight excluding hydrogens is 270 g/mol. The Hall–Kier alpha value is -2.34.